The lowest BCUT2D eigenvalue weighted by atomic mass is 9.94. The van der Waals surface area contributed by atoms with Gasteiger partial charge in [0.1, 0.15) is 0 Å². The summed E-state index contributed by atoms with van der Waals surface area (Å²) in [5.41, 5.74) is 0. The first-order valence-electron chi connectivity index (χ1n) is 7.49. The molecule has 0 aromatic heterocycles. The first-order valence-corrected chi connectivity index (χ1v) is 7.49. The van der Waals surface area contributed by atoms with E-state index in [2.05, 4.69) is 22.5 Å². The molecular weight excluding hydrogens is 242 g/mol. The SMILES string of the molecule is CCCNC(=O)NC(=O)CN(CC)C1CCCCC1. The standard InChI is InChI=1S/C14H27N3O2/c1-3-10-15-14(19)16-13(18)11-17(4-2)12-8-6-5-7-9-12/h12H,3-11H2,1-2H3,(H2,15,16,18,19). The van der Waals surface area contributed by atoms with Gasteiger partial charge in [-0.2, -0.15) is 0 Å². The largest absolute Gasteiger partial charge is 0.338 e. The molecule has 1 rings (SSSR count). The van der Waals surface area contributed by atoms with Crippen LogP contribution in [0.1, 0.15) is 52.4 Å². The monoisotopic (exact) mass is 269 g/mol. The summed E-state index contributed by atoms with van der Waals surface area (Å²) in [7, 11) is 0. The van der Waals surface area contributed by atoms with E-state index in [0.29, 0.717) is 19.1 Å². The number of likely N-dealkylation sites (N-methyl/N-ethyl adjacent to an activating group) is 1. The van der Waals surface area contributed by atoms with Gasteiger partial charge in [-0.3, -0.25) is 15.0 Å². The normalized spacial score (nSPS) is 16.4. The van der Waals surface area contributed by atoms with Gasteiger partial charge in [-0.15, -0.1) is 0 Å². The summed E-state index contributed by atoms with van der Waals surface area (Å²) < 4.78 is 0. The van der Waals surface area contributed by atoms with E-state index in [1.54, 1.807) is 0 Å². The Morgan fingerprint density at radius 3 is 2.42 bits per heavy atom. The predicted octanol–water partition coefficient (Wildman–Crippen LogP) is 1.88. The molecule has 110 valence electrons. The average Bonchev–Trinajstić information content (AvgIpc) is 2.43. The number of carbonyl (C=O) groups is 2. The molecule has 0 aromatic carbocycles. The van der Waals surface area contributed by atoms with E-state index in [1.165, 1.54) is 32.1 Å². The van der Waals surface area contributed by atoms with Gasteiger partial charge in [0.25, 0.3) is 0 Å². The Bertz CT molecular complexity index is 288. The summed E-state index contributed by atoms with van der Waals surface area (Å²) in [5, 5.41) is 5.03. The molecule has 2 N–H and O–H groups in total. The van der Waals surface area contributed by atoms with Crippen LogP contribution in [0.2, 0.25) is 0 Å². The number of amides is 3. The number of hydrogen-bond acceptors (Lipinski definition) is 3. The number of imide groups is 1. The van der Waals surface area contributed by atoms with Crippen molar-refractivity contribution in [3.05, 3.63) is 0 Å². The Labute approximate surface area is 116 Å². The van der Waals surface area contributed by atoms with Crippen molar-refractivity contribution >= 4 is 11.9 Å². The Balaban J connectivity index is 2.33. The van der Waals surface area contributed by atoms with Gasteiger partial charge >= 0.3 is 6.03 Å². The van der Waals surface area contributed by atoms with Gasteiger partial charge in [0, 0.05) is 12.6 Å². The first-order chi connectivity index (χ1) is 9.17. The topological polar surface area (TPSA) is 61.4 Å². The van der Waals surface area contributed by atoms with Crippen LogP contribution in [0.25, 0.3) is 0 Å². The molecule has 0 atom stereocenters. The molecular formula is C14H27N3O2. The highest BCUT2D eigenvalue weighted by Gasteiger charge is 2.22. The van der Waals surface area contributed by atoms with Gasteiger partial charge in [-0.1, -0.05) is 33.1 Å². The Morgan fingerprint density at radius 1 is 1.16 bits per heavy atom. The van der Waals surface area contributed by atoms with Crippen molar-refractivity contribution in [1.82, 2.24) is 15.5 Å². The predicted molar refractivity (Wildman–Crippen MR) is 76.0 cm³/mol. The summed E-state index contributed by atoms with van der Waals surface area (Å²) in [4.78, 5) is 25.4. The lowest BCUT2D eigenvalue weighted by molar-refractivity contribution is -0.121. The summed E-state index contributed by atoms with van der Waals surface area (Å²) >= 11 is 0. The molecule has 0 aromatic rings. The van der Waals surface area contributed by atoms with Crippen LogP contribution in [0, 0.1) is 0 Å². The second-order valence-corrected chi connectivity index (χ2v) is 5.16. The van der Waals surface area contributed by atoms with Gasteiger partial charge in [0.15, 0.2) is 0 Å². The summed E-state index contributed by atoms with van der Waals surface area (Å²) in [6.07, 6.45) is 7.01. The minimum absolute atomic E-state index is 0.207. The molecule has 0 unspecified atom stereocenters. The molecule has 1 aliphatic carbocycles. The highest BCUT2D eigenvalue weighted by atomic mass is 16.2. The summed E-state index contributed by atoms with van der Waals surface area (Å²) in [6.45, 7) is 5.82. The fraction of sp³-hybridized carbons (Fsp3) is 0.857. The van der Waals surface area contributed by atoms with Crippen LogP contribution in [0.5, 0.6) is 0 Å². The van der Waals surface area contributed by atoms with E-state index in [1.807, 2.05) is 6.92 Å². The van der Waals surface area contributed by atoms with Crippen LogP contribution < -0.4 is 10.6 Å². The Morgan fingerprint density at radius 2 is 1.84 bits per heavy atom. The van der Waals surface area contributed by atoms with Crippen molar-refractivity contribution in [2.24, 2.45) is 0 Å². The van der Waals surface area contributed by atoms with Gasteiger partial charge in [-0.25, -0.2) is 4.79 Å². The molecule has 0 radical (unpaired) electrons. The summed E-state index contributed by atoms with van der Waals surface area (Å²) in [5.74, 6) is -0.207. The van der Waals surface area contributed by atoms with Gasteiger partial charge in [0.2, 0.25) is 5.91 Å². The van der Waals surface area contributed by atoms with E-state index >= 15 is 0 Å². The third-order valence-corrected chi connectivity index (χ3v) is 3.63. The lowest BCUT2D eigenvalue weighted by Crippen LogP contribution is -2.47. The van der Waals surface area contributed by atoms with Crippen molar-refractivity contribution in [2.45, 2.75) is 58.4 Å². The quantitative estimate of drug-likeness (QED) is 0.774. The van der Waals surface area contributed by atoms with Crippen LogP contribution in [0.15, 0.2) is 0 Å². The average molecular weight is 269 g/mol. The van der Waals surface area contributed by atoms with E-state index in [9.17, 15) is 9.59 Å². The fourth-order valence-corrected chi connectivity index (χ4v) is 2.58. The van der Waals surface area contributed by atoms with E-state index in [0.717, 1.165) is 13.0 Å². The Hall–Kier alpha value is -1.10. The molecule has 0 bridgehead atoms. The number of hydrogen-bond donors (Lipinski definition) is 2. The minimum atomic E-state index is -0.383. The van der Waals surface area contributed by atoms with Gasteiger partial charge < -0.3 is 5.32 Å². The van der Waals surface area contributed by atoms with Crippen molar-refractivity contribution in [3.8, 4) is 0 Å². The number of rotatable bonds is 6. The number of urea groups is 1. The van der Waals surface area contributed by atoms with E-state index in [-0.39, 0.29) is 11.9 Å². The van der Waals surface area contributed by atoms with Gasteiger partial charge in [-0.05, 0) is 25.8 Å². The number of carbonyl (C=O) groups excluding carboxylic acids is 2. The fourth-order valence-electron chi connectivity index (χ4n) is 2.58. The maximum absolute atomic E-state index is 11.8. The molecule has 1 aliphatic rings. The molecule has 0 saturated heterocycles. The minimum Gasteiger partial charge on any atom is -0.338 e. The first kappa shape index (κ1) is 16.0. The molecule has 3 amide bonds. The molecule has 0 spiro atoms. The van der Waals surface area contributed by atoms with Crippen molar-refractivity contribution in [2.75, 3.05) is 19.6 Å². The zero-order valence-corrected chi connectivity index (χ0v) is 12.2. The molecule has 19 heavy (non-hydrogen) atoms. The van der Waals surface area contributed by atoms with Gasteiger partial charge in [0.05, 0.1) is 6.54 Å². The zero-order chi connectivity index (χ0) is 14.1. The van der Waals surface area contributed by atoms with E-state index < -0.39 is 0 Å². The van der Waals surface area contributed by atoms with Crippen LogP contribution in [0.3, 0.4) is 0 Å². The highest BCUT2D eigenvalue weighted by molar-refractivity contribution is 5.95. The number of nitrogens with zero attached hydrogens (tertiary/aromatic N) is 1. The molecule has 0 aliphatic heterocycles. The van der Waals surface area contributed by atoms with Crippen LogP contribution >= 0.6 is 0 Å². The van der Waals surface area contributed by atoms with Crippen molar-refractivity contribution < 1.29 is 9.59 Å². The molecule has 5 nitrogen and oxygen atoms in total. The highest BCUT2D eigenvalue weighted by Crippen LogP contribution is 2.22. The second kappa shape index (κ2) is 8.91. The molecule has 5 heteroatoms. The van der Waals surface area contributed by atoms with E-state index in [4.69, 9.17) is 0 Å². The molecule has 0 heterocycles. The van der Waals surface area contributed by atoms with Crippen LogP contribution in [-0.2, 0) is 4.79 Å². The van der Waals surface area contributed by atoms with Crippen LogP contribution in [0.4, 0.5) is 4.79 Å². The molecule has 1 fully saturated rings. The maximum atomic E-state index is 11.8. The Kier molecular flexibility index (Phi) is 7.48. The maximum Gasteiger partial charge on any atom is 0.321 e. The second-order valence-electron chi connectivity index (χ2n) is 5.16. The zero-order valence-electron chi connectivity index (χ0n) is 12.2. The van der Waals surface area contributed by atoms with Crippen LogP contribution in [-0.4, -0.2) is 42.5 Å². The van der Waals surface area contributed by atoms with Crippen molar-refractivity contribution in [1.29, 1.82) is 0 Å². The third-order valence-electron chi connectivity index (χ3n) is 3.63. The number of nitrogens with one attached hydrogen (secondary N) is 2. The van der Waals surface area contributed by atoms with Crippen molar-refractivity contribution in [3.63, 3.8) is 0 Å². The molecule has 1 saturated carbocycles. The summed E-state index contributed by atoms with van der Waals surface area (Å²) in [6, 6.07) is 0.120. The third kappa shape index (κ3) is 6.05. The smallest absolute Gasteiger partial charge is 0.321 e. The lowest BCUT2D eigenvalue weighted by Gasteiger charge is -2.32.